The molecule has 20 heavy (non-hydrogen) atoms. The maximum absolute atomic E-state index is 11.8. The lowest BCUT2D eigenvalue weighted by Crippen LogP contribution is -2.22. The minimum absolute atomic E-state index is 0.0754. The number of pyridine rings is 1. The molecule has 0 fully saturated rings. The van der Waals surface area contributed by atoms with E-state index in [0.29, 0.717) is 18.5 Å². The van der Waals surface area contributed by atoms with Crippen molar-refractivity contribution in [2.24, 2.45) is 0 Å². The number of hydrogen-bond donors (Lipinski definition) is 2. The molecule has 2 N–H and O–H groups in total. The van der Waals surface area contributed by atoms with Crippen molar-refractivity contribution in [1.29, 1.82) is 0 Å². The molecule has 2 aromatic heterocycles. The monoisotopic (exact) mass is 286 g/mol. The Morgan fingerprint density at radius 1 is 1.40 bits per heavy atom. The number of aliphatic hydroxyl groups excluding tert-OH is 1. The molecule has 2 heterocycles. The molecule has 0 aliphatic carbocycles. The van der Waals surface area contributed by atoms with Gasteiger partial charge in [-0.1, -0.05) is 11.8 Å². The fraction of sp³-hybridized carbons (Fsp3) is 0.200. The highest BCUT2D eigenvalue weighted by Crippen LogP contribution is 2.13. The fourth-order valence-corrected chi connectivity index (χ4v) is 2.29. The quantitative estimate of drug-likeness (QED) is 0.843. The number of nitrogens with one attached hydrogen (secondary N) is 1. The Balaban J connectivity index is 1.89. The van der Waals surface area contributed by atoms with Gasteiger partial charge in [0.1, 0.15) is 0 Å². The third-order valence-corrected chi connectivity index (χ3v) is 3.43. The summed E-state index contributed by atoms with van der Waals surface area (Å²) in [5, 5.41) is 13.4. The second-order valence-corrected chi connectivity index (χ2v) is 4.99. The van der Waals surface area contributed by atoms with Gasteiger partial charge in [0.25, 0.3) is 5.91 Å². The highest BCUT2D eigenvalue weighted by Gasteiger charge is 2.05. The molecular formula is C15H14N2O2S. The summed E-state index contributed by atoms with van der Waals surface area (Å²) >= 11 is 1.55. The number of amides is 1. The number of thiophene rings is 1. The number of hydrogen-bond acceptors (Lipinski definition) is 4. The van der Waals surface area contributed by atoms with Gasteiger partial charge in [0.15, 0.2) is 0 Å². The van der Waals surface area contributed by atoms with Crippen LogP contribution in [-0.4, -0.2) is 22.6 Å². The summed E-state index contributed by atoms with van der Waals surface area (Å²) in [6.45, 7) is 0.555. The highest BCUT2D eigenvalue weighted by atomic mass is 32.1. The average molecular weight is 286 g/mol. The summed E-state index contributed by atoms with van der Waals surface area (Å²) in [6.07, 6.45) is 3.66. The molecule has 0 spiro atoms. The van der Waals surface area contributed by atoms with E-state index in [1.807, 2.05) is 11.4 Å². The van der Waals surface area contributed by atoms with Crippen LogP contribution in [0.1, 0.15) is 27.2 Å². The Morgan fingerprint density at radius 3 is 2.95 bits per heavy atom. The molecular weight excluding hydrogens is 272 g/mol. The Labute approximate surface area is 121 Å². The minimum atomic E-state index is -0.117. The molecule has 0 unspecified atom stereocenters. The van der Waals surface area contributed by atoms with Crippen LogP contribution in [-0.2, 0) is 6.54 Å². The van der Waals surface area contributed by atoms with Crippen LogP contribution in [0.5, 0.6) is 0 Å². The van der Waals surface area contributed by atoms with E-state index in [1.54, 1.807) is 35.9 Å². The molecule has 0 radical (unpaired) electrons. The molecule has 5 heteroatoms. The van der Waals surface area contributed by atoms with Crippen molar-refractivity contribution in [3.8, 4) is 11.8 Å². The van der Waals surface area contributed by atoms with Gasteiger partial charge in [-0.25, -0.2) is 0 Å². The zero-order valence-electron chi connectivity index (χ0n) is 10.8. The Hall–Kier alpha value is -2.16. The lowest BCUT2D eigenvalue weighted by molar-refractivity contribution is 0.0951. The van der Waals surface area contributed by atoms with Crippen molar-refractivity contribution in [2.75, 3.05) is 6.61 Å². The van der Waals surface area contributed by atoms with E-state index in [2.05, 4.69) is 22.1 Å². The van der Waals surface area contributed by atoms with Gasteiger partial charge >= 0.3 is 0 Å². The molecule has 0 bridgehead atoms. The predicted molar refractivity (Wildman–Crippen MR) is 78.3 cm³/mol. The van der Waals surface area contributed by atoms with Crippen LogP contribution >= 0.6 is 11.3 Å². The van der Waals surface area contributed by atoms with Crippen molar-refractivity contribution in [3.63, 3.8) is 0 Å². The molecule has 0 atom stereocenters. The number of rotatable bonds is 4. The fourth-order valence-electron chi connectivity index (χ4n) is 1.53. The lowest BCUT2D eigenvalue weighted by Gasteiger charge is -2.02. The van der Waals surface area contributed by atoms with Crippen molar-refractivity contribution in [1.82, 2.24) is 10.3 Å². The number of aliphatic hydroxyl groups is 1. The van der Waals surface area contributed by atoms with Crippen LogP contribution in [0.4, 0.5) is 0 Å². The van der Waals surface area contributed by atoms with Gasteiger partial charge in [0.2, 0.25) is 0 Å². The number of carbonyl (C=O) groups is 1. The summed E-state index contributed by atoms with van der Waals surface area (Å²) in [5.41, 5.74) is 1.51. The van der Waals surface area contributed by atoms with E-state index in [1.165, 1.54) is 0 Å². The van der Waals surface area contributed by atoms with Crippen molar-refractivity contribution in [3.05, 3.63) is 52.0 Å². The maximum Gasteiger partial charge on any atom is 0.251 e. The molecule has 0 aromatic carbocycles. The van der Waals surface area contributed by atoms with E-state index in [0.717, 1.165) is 10.4 Å². The molecule has 0 saturated heterocycles. The van der Waals surface area contributed by atoms with Crippen LogP contribution in [0.2, 0.25) is 0 Å². The first-order valence-electron chi connectivity index (χ1n) is 6.15. The zero-order valence-corrected chi connectivity index (χ0v) is 11.6. The Morgan fingerprint density at radius 2 is 2.20 bits per heavy atom. The molecule has 0 aliphatic rings. The second-order valence-electron chi connectivity index (χ2n) is 4.00. The first-order valence-corrected chi connectivity index (χ1v) is 7.03. The average Bonchev–Trinajstić information content (AvgIpc) is 2.94. The van der Waals surface area contributed by atoms with Gasteiger partial charge in [-0.2, -0.15) is 0 Å². The van der Waals surface area contributed by atoms with E-state index in [9.17, 15) is 4.79 Å². The predicted octanol–water partition coefficient (Wildman–Crippen LogP) is 1.81. The first-order chi connectivity index (χ1) is 9.79. The molecule has 102 valence electrons. The normalized spacial score (nSPS) is 9.65. The minimum Gasteiger partial charge on any atom is -0.395 e. The summed E-state index contributed by atoms with van der Waals surface area (Å²) in [4.78, 5) is 16.8. The van der Waals surface area contributed by atoms with Crippen LogP contribution in [0.25, 0.3) is 0 Å². The molecule has 2 aromatic rings. The van der Waals surface area contributed by atoms with E-state index >= 15 is 0 Å². The third kappa shape index (κ3) is 4.19. The Kier molecular flexibility index (Phi) is 5.30. The van der Waals surface area contributed by atoms with E-state index in [4.69, 9.17) is 5.11 Å². The maximum atomic E-state index is 11.8. The third-order valence-electron chi connectivity index (χ3n) is 2.49. The molecule has 1 amide bonds. The van der Waals surface area contributed by atoms with Crippen molar-refractivity contribution in [2.45, 2.75) is 13.0 Å². The topological polar surface area (TPSA) is 62.2 Å². The summed E-state index contributed by atoms with van der Waals surface area (Å²) in [7, 11) is 0. The summed E-state index contributed by atoms with van der Waals surface area (Å²) in [6, 6.07) is 5.30. The second kappa shape index (κ2) is 7.43. The zero-order chi connectivity index (χ0) is 14.2. The van der Waals surface area contributed by atoms with E-state index in [-0.39, 0.29) is 12.5 Å². The van der Waals surface area contributed by atoms with Gasteiger partial charge in [0.05, 0.1) is 13.2 Å². The van der Waals surface area contributed by atoms with Crippen LogP contribution in [0.15, 0.2) is 36.0 Å². The van der Waals surface area contributed by atoms with Gasteiger partial charge in [0, 0.05) is 40.2 Å². The Bertz CT molecular complexity index is 626. The van der Waals surface area contributed by atoms with Crippen molar-refractivity contribution >= 4 is 17.2 Å². The van der Waals surface area contributed by atoms with Gasteiger partial charge in [-0.15, -0.1) is 11.3 Å². The lowest BCUT2D eigenvalue weighted by atomic mass is 10.2. The summed E-state index contributed by atoms with van der Waals surface area (Å²) < 4.78 is 0. The highest BCUT2D eigenvalue weighted by molar-refractivity contribution is 7.10. The number of nitrogens with zero attached hydrogens (tertiary/aromatic N) is 1. The van der Waals surface area contributed by atoms with Gasteiger partial charge in [-0.3, -0.25) is 9.78 Å². The molecule has 2 rings (SSSR count). The number of aromatic nitrogens is 1. The van der Waals surface area contributed by atoms with Gasteiger partial charge < -0.3 is 10.4 Å². The van der Waals surface area contributed by atoms with Crippen LogP contribution in [0.3, 0.4) is 0 Å². The SMILES string of the molecule is O=C(NCc1cc(C#CCCO)cs1)c1ccncc1. The van der Waals surface area contributed by atoms with Gasteiger partial charge in [-0.05, 0) is 18.2 Å². The van der Waals surface area contributed by atoms with Crippen LogP contribution < -0.4 is 5.32 Å². The first kappa shape index (κ1) is 14.3. The van der Waals surface area contributed by atoms with Crippen LogP contribution in [0, 0.1) is 11.8 Å². The standard InChI is InChI=1S/C15H14N2O2S/c18-8-2-1-3-12-9-14(20-11-12)10-17-15(19)13-4-6-16-7-5-13/h4-7,9,11,18H,2,8,10H2,(H,17,19). The van der Waals surface area contributed by atoms with Crippen molar-refractivity contribution < 1.29 is 9.90 Å². The van der Waals surface area contributed by atoms with E-state index < -0.39 is 0 Å². The number of carbonyl (C=O) groups excluding carboxylic acids is 1. The largest absolute Gasteiger partial charge is 0.395 e. The smallest absolute Gasteiger partial charge is 0.251 e. The molecule has 0 saturated carbocycles. The molecule has 0 aliphatic heterocycles. The summed E-state index contributed by atoms with van der Waals surface area (Å²) in [5.74, 6) is 5.72. The molecule has 4 nitrogen and oxygen atoms in total.